The Morgan fingerprint density at radius 1 is 1.29 bits per heavy atom. The SMILES string of the molecule is CC(C)(C)OC(=O)N1C[C@H](O)[C@@H](C=Cc2ccccc2)C1. The van der Waals surface area contributed by atoms with Crippen LogP contribution in [-0.2, 0) is 4.74 Å². The quantitative estimate of drug-likeness (QED) is 0.910. The highest BCUT2D eigenvalue weighted by Gasteiger charge is 2.34. The van der Waals surface area contributed by atoms with Gasteiger partial charge in [-0.25, -0.2) is 4.79 Å². The molecule has 1 aliphatic rings. The number of ether oxygens (including phenoxy) is 1. The highest BCUT2D eigenvalue weighted by molar-refractivity contribution is 5.68. The highest BCUT2D eigenvalue weighted by Crippen LogP contribution is 2.22. The number of likely N-dealkylation sites (tertiary alicyclic amines) is 1. The molecule has 1 heterocycles. The summed E-state index contributed by atoms with van der Waals surface area (Å²) in [5.74, 6) is -0.0577. The minimum Gasteiger partial charge on any atom is -0.444 e. The fraction of sp³-hybridized carbons (Fsp3) is 0.471. The Hall–Kier alpha value is -1.81. The van der Waals surface area contributed by atoms with E-state index in [1.54, 1.807) is 4.90 Å². The Bertz CT molecular complexity index is 505. The molecule has 0 aromatic heterocycles. The number of carbonyl (C=O) groups is 1. The minimum atomic E-state index is -0.544. The number of aliphatic hydroxyl groups is 1. The third-order valence-electron chi connectivity index (χ3n) is 3.32. The van der Waals surface area contributed by atoms with E-state index in [-0.39, 0.29) is 12.0 Å². The standard InChI is InChI=1S/C17H23NO3/c1-17(2,3)21-16(20)18-11-14(15(19)12-18)10-9-13-7-5-4-6-8-13/h4-10,14-15,19H,11-12H2,1-3H3/t14-,15-/m0/s1. The Morgan fingerprint density at radius 2 is 1.95 bits per heavy atom. The van der Waals surface area contributed by atoms with Crippen LogP contribution in [0.5, 0.6) is 0 Å². The van der Waals surface area contributed by atoms with Crippen molar-refractivity contribution in [3.05, 3.63) is 42.0 Å². The summed E-state index contributed by atoms with van der Waals surface area (Å²) in [5.41, 5.74) is 0.570. The van der Waals surface area contributed by atoms with Gasteiger partial charge in [-0.15, -0.1) is 0 Å². The Morgan fingerprint density at radius 3 is 2.57 bits per heavy atom. The van der Waals surface area contributed by atoms with Crippen molar-refractivity contribution in [2.45, 2.75) is 32.5 Å². The van der Waals surface area contributed by atoms with Crippen molar-refractivity contribution in [2.24, 2.45) is 5.92 Å². The highest BCUT2D eigenvalue weighted by atomic mass is 16.6. The van der Waals surface area contributed by atoms with Gasteiger partial charge in [-0.2, -0.15) is 0 Å². The van der Waals surface area contributed by atoms with Crippen LogP contribution in [0.3, 0.4) is 0 Å². The van der Waals surface area contributed by atoms with Crippen molar-refractivity contribution >= 4 is 12.2 Å². The maximum absolute atomic E-state index is 12.0. The zero-order chi connectivity index (χ0) is 15.5. The second-order valence-corrected chi connectivity index (χ2v) is 6.39. The van der Waals surface area contributed by atoms with Crippen LogP contribution in [0, 0.1) is 5.92 Å². The molecule has 1 aromatic carbocycles. The number of hydrogen-bond acceptors (Lipinski definition) is 3. The van der Waals surface area contributed by atoms with E-state index in [1.165, 1.54) is 0 Å². The molecule has 1 saturated heterocycles. The number of β-amino-alcohol motifs (C(OH)–C–C–N with tert-alkyl or cyclic N) is 1. The molecule has 0 radical (unpaired) electrons. The fourth-order valence-electron chi connectivity index (χ4n) is 2.28. The van der Waals surface area contributed by atoms with Gasteiger partial charge in [0, 0.05) is 12.5 Å². The topological polar surface area (TPSA) is 49.8 Å². The molecule has 2 atom stereocenters. The number of aliphatic hydroxyl groups excluding tert-OH is 1. The molecule has 1 amide bonds. The van der Waals surface area contributed by atoms with Crippen LogP contribution in [0.15, 0.2) is 36.4 Å². The lowest BCUT2D eigenvalue weighted by molar-refractivity contribution is 0.0270. The zero-order valence-corrected chi connectivity index (χ0v) is 12.8. The van der Waals surface area contributed by atoms with Crippen LogP contribution >= 0.6 is 0 Å². The van der Waals surface area contributed by atoms with Gasteiger partial charge < -0.3 is 14.7 Å². The summed E-state index contributed by atoms with van der Waals surface area (Å²) in [6.45, 7) is 6.32. The largest absolute Gasteiger partial charge is 0.444 e. The number of benzene rings is 1. The van der Waals surface area contributed by atoms with Gasteiger partial charge in [0.05, 0.1) is 12.6 Å². The molecule has 0 unspecified atom stereocenters. The average molecular weight is 289 g/mol. The molecule has 1 aromatic rings. The van der Waals surface area contributed by atoms with Crippen molar-refractivity contribution in [3.63, 3.8) is 0 Å². The van der Waals surface area contributed by atoms with E-state index in [1.807, 2.05) is 63.3 Å². The monoisotopic (exact) mass is 289 g/mol. The van der Waals surface area contributed by atoms with Gasteiger partial charge >= 0.3 is 6.09 Å². The zero-order valence-electron chi connectivity index (χ0n) is 12.8. The number of nitrogens with zero attached hydrogens (tertiary/aromatic N) is 1. The summed E-state index contributed by atoms with van der Waals surface area (Å²) >= 11 is 0. The number of amides is 1. The van der Waals surface area contributed by atoms with Gasteiger partial charge in [0.1, 0.15) is 5.60 Å². The van der Waals surface area contributed by atoms with E-state index in [0.717, 1.165) is 5.56 Å². The van der Waals surface area contributed by atoms with Crippen LogP contribution in [0.25, 0.3) is 6.08 Å². The maximum Gasteiger partial charge on any atom is 0.410 e. The van der Waals surface area contributed by atoms with E-state index in [4.69, 9.17) is 4.74 Å². The molecule has 4 heteroatoms. The van der Waals surface area contributed by atoms with Gasteiger partial charge in [-0.05, 0) is 26.3 Å². The molecule has 1 N–H and O–H groups in total. The van der Waals surface area contributed by atoms with Gasteiger partial charge in [-0.1, -0.05) is 42.5 Å². The van der Waals surface area contributed by atoms with E-state index in [2.05, 4.69) is 0 Å². The van der Waals surface area contributed by atoms with Crippen LogP contribution in [0.1, 0.15) is 26.3 Å². The van der Waals surface area contributed by atoms with Crippen LogP contribution in [0.4, 0.5) is 4.79 Å². The van der Waals surface area contributed by atoms with Crippen molar-refractivity contribution in [1.29, 1.82) is 0 Å². The molecular weight excluding hydrogens is 266 g/mol. The second-order valence-electron chi connectivity index (χ2n) is 6.39. The van der Waals surface area contributed by atoms with E-state index < -0.39 is 11.7 Å². The second kappa shape index (κ2) is 6.31. The smallest absolute Gasteiger partial charge is 0.410 e. The number of rotatable bonds is 2. The van der Waals surface area contributed by atoms with Crippen LogP contribution < -0.4 is 0 Å². The maximum atomic E-state index is 12.0. The molecule has 0 saturated carbocycles. The van der Waals surface area contributed by atoms with Crippen molar-refractivity contribution in [3.8, 4) is 0 Å². The lowest BCUT2D eigenvalue weighted by Crippen LogP contribution is -2.35. The van der Waals surface area contributed by atoms with Crippen LogP contribution in [-0.4, -0.2) is 40.9 Å². The van der Waals surface area contributed by atoms with Gasteiger partial charge in [0.25, 0.3) is 0 Å². The third kappa shape index (κ3) is 4.60. The molecule has 0 aliphatic carbocycles. The van der Waals surface area contributed by atoms with Gasteiger partial charge in [0.2, 0.25) is 0 Å². The first kappa shape index (κ1) is 15.6. The normalized spacial score (nSPS) is 22.8. The summed E-state index contributed by atoms with van der Waals surface area (Å²) in [4.78, 5) is 13.6. The Labute approximate surface area is 126 Å². The average Bonchev–Trinajstić information content (AvgIpc) is 2.77. The molecule has 0 bridgehead atoms. The lowest BCUT2D eigenvalue weighted by Gasteiger charge is -2.24. The van der Waals surface area contributed by atoms with Gasteiger partial charge in [-0.3, -0.25) is 0 Å². The number of hydrogen-bond donors (Lipinski definition) is 1. The van der Waals surface area contributed by atoms with Crippen molar-refractivity contribution in [2.75, 3.05) is 13.1 Å². The first-order valence-electron chi connectivity index (χ1n) is 7.24. The summed E-state index contributed by atoms with van der Waals surface area (Å²) in [7, 11) is 0. The summed E-state index contributed by atoms with van der Waals surface area (Å²) < 4.78 is 5.33. The fourth-order valence-corrected chi connectivity index (χ4v) is 2.28. The predicted octanol–water partition coefficient (Wildman–Crippen LogP) is 2.93. The third-order valence-corrected chi connectivity index (χ3v) is 3.32. The molecule has 21 heavy (non-hydrogen) atoms. The summed E-state index contributed by atoms with van der Waals surface area (Å²) in [6, 6.07) is 9.91. The van der Waals surface area contributed by atoms with E-state index in [9.17, 15) is 9.90 Å². The predicted molar refractivity (Wildman–Crippen MR) is 82.8 cm³/mol. The lowest BCUT2D eigenvalue weighted by atomic mass is 10.0. The Balaban J connectivity index is 1.95. The van der Waals surface area contributed by atoms with E-state index >= 15 is 0 Å². The van der Waals surface area contributed by atoms with Crippen molar-refractivity contribution < 1.29 is 14.6 Å². The molecule has 2 rings (SSSR count). The molecule has 4 nitrogen and oxygen atoms in total. The van der Waals surface area contributed by atoms with Gasteiger partial charge in [0.15, 0.2) is 0 Å². The number of carbonyl (C=O) groups excluding carboxylic acids is 1. The molecule has 1 aliphatic heterocycles. The van der Waals surface area contributed by atoms with Crippen LogP contribution in [0.2, 0.25) is 0 Å². The molecule has 1 fully saturated rings. The molecule has 0 spiro atoms. The van der Waals surface area contributed by atoms with E-state index in [0.29, 0.717) is 13.1 Å². The molecule has 114 valence electrons. The molecular formula is C17H23NO3. The summed E-state index contributed by atoms with van der Waals surface area (Å²) in [6.07, 6.45) is 3.03. The first-order valence-corrected chi connectivity index (χ1v) is 7.24. The Kier molecular flexibility index (Phi) is 4.68. The summed E-state index contributed by atoms with van der Waals surface area (Å²) in [5, 5.41) is 10.1. The van der Waals surface area contributed by atoms with Crippen molar-refractivity contribution in [1.82, 2.24) is 4.90 Å². The minimum absolute atomic E-state index is 0.0577. The first-order chi connectivity index (χ1) is 9.85.